The molecule has 4 rings (SSSR count). The second-order valence-corrected chi connectivity index (χ2v) is 8.59. The SMILES string of the molecule is Cc1ccc2c(N)c(C(=O)NCCc3ccc(N4CCNCC4)c(Cl)c3)sc2n1. The van der Waals surface area contributed by atoms with Gasteiger partial charge in [-0.1, -0.05) is 17.7 Å². The number of nitrogens with two attached hydrogens (primary N) is 1. The molecular weight excluding hydrogens is 406 g/mol. The van der Waals surface area contributed by atoms with Crippen LogP contribution < -0.4 is 21.3 Å². The first kappa shape index (κ1) is 19.9. The highest BCUT2D eigenvalue weighted by Gasteiger charge is 2.17. The highest BCUT2D eigenvalue weighted by Crippen LogP contribution is 2.32. The van der Waals surface area contributed by atoms with Gasteiger partial charge in [-0.2, -0.15) is 0 Å². The minimum absolute atomic E-state index is 0.160. The van der Waals surface area contributed by atoms with Crippen LogP contribution in [0.4, 0.5) is 11.4 Å². The van der Waals surface area contributed by atoms with Gasteiger partial charge in [-0.3, -0.25) is 4.79 Å². The summed E-state index contributed by atoms with van der Waals surface area (Å²) >= 11 is 7.84. The van der Waals surface area contributed by atoms with Gasteiger partial charge in [0.1, 0.15) is 9.71 Å². The minimum atomic E-state index is -0.160. The second-order valence-electron chi connectivity index (χ2n) is 7.18. The van der Waals surface area contributed by atoms with E-state index < -0.39 is 0 Å². The maximum absolute atomic E-state index is 12.6. The molecule has 2 aromatic heterocycles. The van der Waals surface area contributed by atoms with Gasteiger partial charge in [0.05, 0.1) is 16.4 Å². The molecule has 0 bridgehead atoms. The highest BCUT2D eigenvalue weighted by molar-refractivity contribution is 7.21. The molecule has 3 aromatic rings. The van der Waals surface area contributed by atoms with Gasteiger partial charge >= 0.3 is 0 Å². The molecule has 1 saturated heterocycles. The first-order valence-electron chi connectivity index (χ1n) is 9.71. The molecule has 0 radical (unpaired) electrons. The number of nitrogen functional groups attached to an aromatic ring is 1. The Kier molecular flexibility index (Phi) is 5.89. The molecule has 1 aromatic carbocycles. The van der Waals surface area contributed by atoms with Crippen molar-refractivity contribution >= 4 is 50.4 Å². The number of piperazine rings is 1. The Balaban J connectivity index is 1.38. The van der Waals surface area contributed by atoms with Gasteiger partial charge < -0.3 is 21.3 Å². The fraction of sp³-hybridized carbons (Fsp3) is 0.333. The van der Waals surface area contributed by atoms with Crippen LogP contribution in [0.3, 0.4) is 0 Å². The number of halogens is 1. The molecular formula is C21H24ClN5OS. The van der Waals surface area contributed by atoms with E-state index in [4.69, 9.17) is 17.3 Å². The summed E-state index contributed by atoms with van der Waals surface area (Å²) in [6.07, 6.45) is 0.704. The summed E-state index contributed by atoms with van der Waals surface area (Å²) in [4.78, 5) is 20.7. The van der Waals surface area contributed by atoms with Crippen LogP contribution in [0.5, 0.6) is 0 Å². The molecule has 4 N–H and O–H groups in total. The smallest absolute Gasteiger partial charge is 0.263 e. The van der Waals surface area contributed by atoms with Crippen molar-refractivity contribution in [3.63, 3.8) is 0 Å². The van der Waals surface area contributed by atoms with E-state index in [0.717, 1.165) is 58.4 Å². The van der Waals surface area contributed by atoms with Crippen molar-refractivity contribution in [1.29, 1.82) is 0 Å². The molecule has 0 atom stereocenters. The molecule has 6 nitrogen and oxygen atoms in total. The number of hydrogen-bond acceptors (Lipinski definition) is 6. The third-order valence-electron chi connectivity index (χ3n) is 5.11. The van der Waals surface area contributed by atoms with E-state index in [9.17, 15) is 4.79 Å². The Morgan fingerprint density at radius 3 is 2.86 bits per heavy atom. The molecule has 1 aliphatic heterocycles. The van der Waals surface area contributed by atoms with E-state index in [1.54, 1.807) is 0 Å². The molecule has 0 aliphatic carbocycles. The summed E-state index contributed by atoms with van der Waals surface area (Å²) in [5, 5.41) is 7.90. The minimum Gasteiger partial charge on any atom is -0.397 e. The molecule has 152 valence electrons. The Labute approximate surface area is 179 Å². The van der Waals surface area contributed by atoms with Crippen LogP contribution in [0, 0.1) is 6.92 Å². The average molecular weight is 430 g/mol. The zero-order valence-corrected chi connectivity index (χ0v) is 17.9. The quantitative estimate of drug-likeness (QED) is 0.580. The topological polar surface area (TPSA) is 83.3 Å². The third-order valence-corrected chi connectivity index (χ3v) is 6.52. The Bertz CT molecular complexity index is 1040. The van der Waals surface area contributed by atoms with Gasteiger partial charge in [-0.05, 0) is 43.2 Å². The lowest BCUT2D eigenvalue weighted by molar-refractivity contribution is 0.0959. The number of thiophene rings is 1. The van der Waals surface area contributed by atoms with Gasteiger partial charge in [0.2, 0.25) is 0 Å². The van der Waals surface area contributed by atoms with Crippen molar-refractivity contribution in [3.05, 3.63) is 51.5 Å². The largest absolute Gasteiger partial charge is 0.397 e. The molecule has 3 heterocycles. The molecule has 1 amide bonds. The molecule has 8 heteroatoms. The number of nitrogens with one attached hydrogen (secondary N) is 2. The molecule has 29 heavy (non-hydrogen) atoms. The highest BCUT2D eigenvalue weighted by atomic mass is 35.5. The van der Waals surface area contributed by atoms with Crippen molar-refractivity contribution in [2.75, 3.05) is 43.4 Å². The zero-order valence-electron chi connectivity index (χ0n) is 16.3. The number of hydrogen-bond donors (Lipinski definition) is 3. The number of amides is 1. The van der Waals surface area contributed by atoms with Gasteiger partial charge in [-0.25, -0.2) is 4.98 Å². The summed E-state index contributed by atoms with van der Waals surface area (Å²) < 4.78 is 0. The van der Waals surface area contributed by atoms with Crippen LogP contribution in [-0.2, 0) is 6.42 Å². The zero-order chi connectivity index (χ0) is 20.4. The second kappa shape index (κ2) is 8.57. The number of carbonyl (C=O) groups is 1. The van der Waals surface area contributed by atoms with Gasteiger partial charge in [0, 0.05) is 43.8 Å². The van der Waals surface area contributed by atoms with Gasteiger partial charge in [-0.15, -0.1) is 11.3 Å². The van der Waals surface area contributed by atoms with E-state index in [-0.39, 0.29) is 5.91 Å². The lowest BCUT2D eigenvalue weighted by atomic mass is 10.1. The van der Waals surface area contributed by atoms with Crippen molar-refractivity contribution in [2.45, 2.75) is 13.3 Å². The molecule has 1 fully saturated rings. The van der Waals surface area contributed by atoms with E-state index in [2.05, 4.69) is 32.7 Å². The van der Waals surface area contributed by atoms with Crippen LogP contribution in [0.15, 0.2) is 30.3 Å². The maximum atomic E-state index is 12.6. The maximum Gasteiger partial charge on any atom is 0.263 e. The van der Waals surface area contributed by atoms with Crippen LogP contribution in [0.1, 0.15) is 20.9 Å². The monoisotopic (exact) mass is 429 g/mol. The van der Waals surface area contributed by atoms with Crippen LogP contribution in [0.2, 0.25) is 5.02 Å². The molecule has 0 saturated carbocycles. The van der Waals surface area contributed by atoms with Crippen molar-refractivity contribution < 1.29 is 4.79 Å². The summed E-state index contributed by atoms with van der Waals surface area (Å²) in [5.74, 6) is -0.160. The Morgan fingerprint density at radius 1 is 1.31 bits per heavy atom. The normalized spacial score (nSPS) is 14.3. The van der Waals surface area contributed by atoms with Crippen molar-refractivity contribution in [2.24, 2.45) is 0 Å². The molecule has 1 aliphatic rings. The predicted molar refractivity (Wildman–Crippen MR) is 121 cm³/mol. The third kappa shape index (κ3) is 4.32. The summed E-state index contributed by atoms with van der Waals surface area (Å²) in [6, 6.07) is 9.97. The number of aromatic nitrogens is 1. The first-order valence-corrected chi connectivity index (χ1v) is 10.9. The van der Waals surface area contributed by atoms with Gasteiger partial charge in [0.15, 0.2) is 0 Å². The number of pyridine rings is 1. The van der Waals surface area contributed by atoms with E-state index >= 15 is 0 Å². The van der Waals surface area contributed by atoms with Crippen LogP contribution in [0.25, 0.3) is 10.2 Å². The standard InChI is InChI=1S/C21H24ClN5OS/c1-13-2-4-15-18(23)19(29-21(15)26-13)20(28)25-7-6-14-3-5-17(16(22)12-14)27-10-8-24-9-11-27/h2-5,12,24H,6-11,23H2,1H3,(H,25,28). The number of carbonyl (C=O) groups excluding carboxylic acids is 1. The Hall–Kier alpha value is -2.35. The lowest BCUT2D eigenvalue weighted by Gasteiger charge is -2.30. The summed E-state index contributed by atoms with van der Waals surface area (Å²) in [6.45, 7) is 6.30. The van der Waals surface area contributed by atoms with E-state index in [1.807, 2.05) is 25.1 Å². The summed E-state index contributed by atoms with van der Waals surface area (Å²) in [5.41, 5.74) is 9.74. The van der Waals surface area contributed by atoms with E-state index in [0.29, 0.717) is 23.5 Å². The van der Waals surface area contributed by atoms with Gasteiger partial charge in [0.25, 0.3) is 5.91 Å². The Morgan fingerprint density at radius 2 is 2.10 bits per heavy atom. The number of anilines is 2. The van der Waals surface area contributed by atoms with Crippen LogP contribution in [-0.4, -0.2) is 43.6 Å². The fourth-order valence-electron chi connectivity index (χ4n) is 3.53. The number of benzene rings is 1. The lowest BCUT2D eigenvalue weighted by Crippen LogP contribution is -2.43. The van der Waals surface area contributed by atoms with E-state index in [1.165, 1.54) is 11.3 Å². The number of rotatable bonds is 5. The van der Waals surface area contributed by atoms with Crippen LogP contribution >= 0.6 is 22.9 Å². The summed E-state index contributed by atoms with van der Waals surface area (Å²) in [7, 11) is 0. The predicted octanol–water partition coefficient (Wildman–Crippen LogP) is 3.22. The average Bonchev–Trinajstić information content (AvgIpc) is 3.04. The number of nitrogens with zero attached hydrogens (tertiary/aromatic N) is 2. The molecule has 0 spiro atoms. The fourth-order valence-corrected chi connectivity index (χ4v) is 4.91. The number of fused-ring (bicyclic) bond motifs is 1. The molecule has 0 unspecified atom stereocenters. The van der Waals surface area contributed by atoms with Crippen molar-refractivity contribution in [1.82, 2.24) is 15.6 Å². The van der Waals surface area contributed by atoms with Crippen molar-refractivity contribution in [3.8, 4) is 0 Å². The first-order chi connectivity index (χ1) is 14.0. The number of aryl methyl sites for hydroxylation is 1.